The van der Waals surface area contributed by atoms with Crippen molar-refractivity contribution in [3.8, 4) is 0 Å². The smallest absolute Gasteiger partial charge is 0.220 e. The highest BCUT2D eigenvalue weighted by Crippen LogP contribution is 2.12. The predicted molar refractivity (Wildman–Crippen MR) is 107 cm³/mol. The van der Waals surface area contributed by atoms with Gasteiger partial charge in [0.25, 0.3) is 0 Å². The zero-order chi connectivity index (χ0) is 18.1. The lowest BCUT2D eigenvalue weighted by Gasteiger charge is -2.09. The number of carbonyl (C=O) groups is 1. The fourth-order valence-corrected chi connectivity index (χ4v) is 3.19. The van der Waals surface area contributed by atoms with Crippen molar-refractivity contribution in [2.45, 2.75) is 19.4 Å². The molecule has 26 heavy (non-hydrogen) atoms. The topological polar surface area (TPSA) is 101 Å². The number of amides is 1. The first kappa shape index (κ1) is 22.0. The molecule has 0 aliphatic carbocycles. The Morgan fingerprint density at radius 3 is 2.35 bits per heavy atom. The Bertz CT molecular complexity index is 798. The van der Waals surface area contributed by atoms with Crippen molar-refractivity contribution in [1.29, 1.82) is 0 Å². The molecular weight excluding hydrogens is 374 g/mol. The van der Waals surface area contributed by atoms with E-state index >= 15 is 0 Å². The van der Waals surface area contributed by atoms with E-state index in [1.54, 1.807) is 6.07 Å². The van der Waals surface area contributed by atoms with Gasteiger partial charge in [-0.2, -0.15) is 0 Å². The van der Waals surface area contributed by atoms with Crippen LogP contribution in [0, 0.1) is 0 Å². The Balaban J connectivity index is 0.00000338. The number of halogens is 1. The lowest BCUT2D eigenvalue weighted by molar-refractivity contribution is -0.120. The predicted octanol–water partition coefficient (Wildman–Crippen LogP) is 1.86. The van der Waals surface area contributed by atoms with Crippen molar-refractivity contribution >= 4 is 34.0 Å². The number of nitrogens with one attached hydrogen (secondary N) is 2. The second kappa shape index (κ2) is 10.8. The highest BCUT2D eigenvalue weighted by Gasteiger charge is 2.11. The van der Waals surface area contributed by atoms with Gasteiger partial charge in [-0.15, -0.1) is 12.4 Å². The van der Waals surface area contributed by atoms with Crippen molar-refractivity contribution in [1.82, 2.24) is 10.0 Å². The highest BCUT2D eigenvalue weighted by molar-refractivity contribution is 7.89. The summed E-state index contributed by atoms with van der Waals surface area (Å²) in [5.41, 5.74) is 8.28. The molecule has 0 heterocycles. The molecule has 8 heteroatoms. The number of carbonyl (C=O) groups excluding carboxylic acids is 1. The molecule has 1 amide bonds. The van der Waals surface area contributed by atoms with Gasteiger partial charge in [0.15, 0.2) is 0 Å². The number of rotatable bonds is 9. The maximum absolute atomic E-state index is 11.9. The Kier molecular flexibility index (Phi) is 9.12. The van der Waals surface area contributed by atoms with Crippen LogP contribution in [0.2, 0.25) is 0 Å². The number of aryl methyl sites for hydroxylation is 1. The molecule has 6 nitrogen and oxygen atoms in total. The van der Waals surface area contributed by atoms with E-state index in [0.717, 1.165) is 11.1 Å². The van der Waals surface area contributed by atoms with Gasteiger partial charge in [0.05, 0.1) is 5.75 Å². The average Bonchev–Trinajstić information content (AvgIpc) is 2.60. The van der Waals surface area contributed by atoms with Gasteiger partial charge >= 0.3 is 0 Å². The minimum absolute atomic E-state index is 0. The standard InChI is InChI=1S/C18H23N3O3S.ClH/c19-17-9-5-4-8-16(17)10-11-18(22)20-12-13-25(23,24)21-14-15-6-2-1-3-7-15;/h1-9,21H,10-14,19H2,(H,20,22);1H. The van der Waals surface area contributed by atoms with Crippen LogP contribution in [0.15, 0.2) is 54.6 Å². The molecule has 2 aromatic carbocycles. The van der Waals surface area contributed by atoms with Gasteiger partial charge in [-0.25, -0.2) is 13.1 Å². The van der Waals surface area contributed by atoms with Gasteiger partial charge in [-0.05, 0) is 23.6 Å². The molecule has 2 rings (SSSR count). The summed E-state index contributed by atoms with van der Waals surface area (Å²) in [6.07, 6.45) is 0.795. The molecule has 142 valence electrons. The second-order valence-corrected chi connectivity index (χ2v) is 7.60. The third-order valence-electron chi connectivity index (χ3n) is 3.71. The molecule has 0 fully saturated rings. The Labute approximate surface area is 160 Å². The van der Waals surface area contributed by atoms with E-state index in [9.17, 15) is 13.2 Å². The van der Waals surface area contributed by atoms with Crippen LogP contribution in [0.25, 0.3) is 0 Å². The maximum atomic E-state index is 11.9. The van der Waals surface area contributed by atoms with E-state index in [2.05, 4.69) is 10.0 Å². The number of hydrogen-bond acceptors (Lipinski definition) is 4. The van der Waals surface area contributed by atoms with Crippen LogP contribution in [-0.2, 0) is 27.8 Å². The van der Waals surface area contributed by atoms with E-state index in [-0.39, 0.29) is 43.6 Å². The fraction of sp³-hybridized carbons (Fsp3) is 0.278. The van der Waals surface area contributed by atoms with Crippen LogP contribution in [0.3, 0.4) is 0 Å². The SMILES string of the molecule is Cl.Nc1ccccc1CCC(=O)NCCS(=O)(=O)NCc1ccccc1. The number of anilines is 1. The van der Waals surface area contributed by atoms with E-state index in [0.29, 0.717) is 12.1 Å². The van der Waals surface area contributed by atoms with Crippen LogP contribution in [0.5, 0.6) is 0 Å². The minimum Gasteiger partial charge on any atom is -0.399 e. The third-order valence-corrected chi connectivity index (χ3v) is 5.03. The van der Waals surface area contributed by atoms with Gasteiger partial charge in [0, 0.05) is 25.2 Å². The van der Waals surface area contributed by atoms with E-state index in [1.165, 1.54) is 0 Å². The summed E-state index contributed by atoms with van der Waals surface area (Å²) in [6, 6.07) is 16.6. The lowest BCUT2D eigenvalue weighted by Crippen LogP contribution is -2.34. The van der Waals surface area contributed by atoms with Gasteiger partial charge in [0.2, 0.25) is 15.9 Å². The number of hydrogen-bond donors (Lipinski definition) is 3. The lowest BCUT2D eigenvalue weighted by atomic mass is 10.1. The molecule has 0 aliphatic rings. The highest BCUT2D eigenvalue weighted by atomic mass is 35.5. The number of benzene rings is 2. The van der Waals surface area contributed by atoms with Crippen LogP contribution in [-0.4, -0.2) is 26.6 Å². The van der Waals surface area contributed by atoms with E-state index < -0.39 is 10.0 Å². The summed E-state index contributed by atoms with van der Waals surface area (Å²) < 4.78 is 26.4. The molecule has 0 radical (unpaired) electrons. The largest absolute Gasteiger partial charge is 0.399 e. The van der Waals surface area contributed by atoms with Crippen LogP contribution in [0.1, 0.15) is 17.5 Å². The average molecular weight is 398 g/mol. The van der Waals surface area contributed by atoms with E-state index in [1.807, 2.05) is 48.5 Å². The van der Waals surface area contributed by atoms with Crippen molar-refractivity contribution in [3.05, 3.63) is 65.7 Å². The molecule has 2 aromatic rings. The van der Waals surface area contributed by atoms with Gasteiger partial charge in [-0.3, -0.25) is 4.79 Å². The van der Waals surface area contributed by atoms with Gasteiger partial charge < -0.3 is 11.1 Å². The van der Waals surface area contributed by atoms with Crippen molar-refractivity contribution < 1.29 is 13.2 Å². The first-order valence-corrected chi connectivity index (χ1v) is 9.73. The summed E-state index contributed by atoms with van der Waals surface area (Å²) in [7, 11) is -3.43. The number of sulfonamides is 1. The van der Waals surface area contributed by atoms with Crippen molar-refractivity contribution in [2.75, 3.05) is 18.0 Å². The second-order valence-electron chi connectivity index (χ2n) is 5.67. The summed E-state index contributed by atoms with van der Waals surface area (Å²) in [5.74, 6) is -0.347. The molecule has 0 aromatic heterocycles. The monoisotopic (exact) mass is 397 g/mol. The molecule has 0 bridgehead atoms. The van der Waals surface area contributed by atoms with Gasteiger partial charge in [-0.1, -0.05) is 48.5 Å². The van der Waals surface area contributed by atoms with Crippen LogP contribution in [0.4, 0.5) is 5.69 Å². The first-order chi connectivity index (χ1) is 12.0. The molecule has 0 saturated heterocycles. The Morgan fingerprint density at radius 1 is 1.00 bits per heavy atom. The minimum atomic E-state index is -3.43. The number of para-hydroxylation sites is 1. The van der Waals surface area contributed by atoms with Crippen molar-refractivity contribution in [2.24, 2.45) is 0 Å². The third kappa shape index (κ3) is 7.86. The molecule has 0 spiro atoms. The Hall–Kier alpha value is -2.09. The van der Waals surface area contributed by atoms with Crippen molar-refractivity contribution in [3.63, 3.8) is 0 Å². The fourth-order valence-electron chi connectivity index (χ4n) is 2.28. The zero-order valence-corrected chi connectivity index (χ0v) is 16.0. The molecular formula is C18H24ClN3O3S. The zero-order valence-electron chi connectivity index (χ0n) is 14.4. The van der Waals surface area contributed by atoms with Crippen LogP contribution >= 0.6 is 12.4 Å². The summed E-state index contributed by atoms with van der Waals surface area (Å²) in [4.78, 5) is 11.8. The molecule has 0 aliphatic heterocycles. The van der Waals surface area contributed by atoms with E-state index in [4.69, 9.17) is 5.73 Å². The number of nitrogen functional groups attached to an aromatic ring is 1. The maximum Gasteiger partial charge on any atom is 0.220 e. The molecule has 0 unspecified atom stereocenters. The molecule has 0 atom stereocenters. The molecule has 4 N–H and O–H groups in total. The summed E-state index contributed by atoms with van der Waals surface area (Å²) in [5, 5.41) is 2.63. The quantitative estimate of drug-likeness (QED) is 0.562. The Morgan fingerprint density at radius 2 is 1.65 bits per heavy atom. The number of nitrogens with two attached hydrogens (primary N) is 1. The molecule has 0 saturated carbocycles. The normalized spacial score (nSPS) is 10.8. The summed E-state index contributed by atoms with van der Waals surface area (Å²) in [6.45, 7) is 0.317. The summed E-state index contributed by atoms with van der Waals surface area (Å²) >= 11 is 0. The van der Waals surface area contributed by atoms with Gasteiger partial charge in [0.1, 0.15) is 0 Å². The van der Waals surface area contributed by atoms with Crippen LogP contribution < -0.4 is 15.8 Å². The first-order valence-electron chi connectivity index (χ1n) is 8.07.